The van der Waals surface area contributed by atoms with Crippen LogP contribution in [0.3, 0.4) is 0 Å². The minimum atomic E-state index is -1.67. The molecule has 0 saturated carbocycles. The third kappa shape index (κ3) is 4.40. The third-order valence-corrected chi connectivity index (χ3v) is 9.26. The van der Waals surface area contributed by atoms with Crippen molar-refractivity contribution < 1.29 is 17.0 Å². The molecule has 0 bridgehead atoms. The van der Waals surface area contributed by atoms with E-state index in [4.69, 9.17) is 0 Å². The number of hydrogen-bond donors (Lipinski definition) is 0. The molecule has 130 valence electrons. The smallest absolute Gasteiger partial charge is 0.112 e. The van der Waals surface area contributed by atoms with Gasteiger partial charge in [-0.15, -0.1) is 0 Å². The van der Waals surface area contributed by atoms with E-state index >= 15 is 0 Å². The van der Waals surface area contributed by atoms with Gasteiger partial charge in [-0.25, -0.2) is 0 Å². The Morgan fingerprint density at radius 2 is 0.840 bits per heavy atom. The Morgan fingerprint density at radius 3 is 1.08 bits per heavy atom. The molecular formula is C23H26BrP. The van der Waals surface area contributed by atoms with Crippen molar-refractivity contribution in [3.63, 3.8) is 0 Å². The van der Waals surface area contributed by atoms with E-state index < -0.39 is 7.26 Å². The topological polar surface area (TPSA) is 0 Å². The monoisotopic (exact) mass is 412 g/mol. The zero-order valence-corrected chi connectivity index (χ0v) is 17.7. The summed E-state index contributed by atoms with van der Waals surface area (Å²) in [6, 6.07) is 33.3. The lowest BCUT2D eigenvalue weighted by Gasteiger charge is -2.33. The second-order valence-electron chi connectivity index (χ2n) is 7.54. The van der Waals surface area contributed by atoms with E-state index in [1.165, 1.54) is 15.9 Å². The van der Waals surface area contributed by atoms with E-state index in [9.17, 15) is 0 Å². The first-order valence-corrected chi connectivity index (χ1v) is 10.5. The molecule has 3 aromatic carbocycles. The van der Waals surface area contributed by atoms with Gasteiger partial charge in [0.2, 0.25) is 0 Å². The SMILES string of the molecule is CC(C)(C)C[P+](c1ccccc1)(c1ccccc1)c1ccccc1.[Br-]. The van der Waals surface area contributed by atoms with Gasteiger partial charge in [-0.3, -0.25) is 0 Å². The van der Waals surface area contributed by atoms with Crippen LogP contribution in [0.5, 0.6) is 0 Å². The lowest BCUT2D eigenvalue weighted by Crippen LogP contribution is -3.00. The summed E-state index contributed by atoms with van der Waals surface area (Å²) in [6.45, 7) is 7.07. The van der Waals surface area contributed by atoms with Crippen LogP contribution in [0.15, 0.2) is 91.0 Å². The number of halogens is 1. The molecule has 0 heterocycles. The summed E-state index contributed by atoms with van der Waals surface area (Å²) >= 11 is 0. The molecule has 0 aliphatic heterocycles. The molecule has 0 fully saturated rings. The maximum absolute atomic E-state index is 2.36. The summed E-state index contributed by atoms with van der Waals surface area (Å²) in [4.78, 5) is 0. The molecule has 0 nitrogen and oxygen atoms in total. The van der Waals surface area contributed by atoms with Gasteiger partial charge >= 0.3 is 0 Å². The molecule has 25 heavy (non-hydrogen) atoms. The lowest BCUT2D eigenvalue weighted by atomic mass is 10.0. The summed E-state index contributed by atoms with van der Waals surface area (Å²) in [6.07, 6.45) is 1.16. The quantitative estimate of drug-likeness (QED) is 0.575. The molecule has 0 saturated heterocycles. The van der Waals surface area contributed by atoms with Crippen molar-refractivity contribution in [3.8, 4) is 0 Å². The number of rotatable bonds is 4. The van der Waals surface area contributed by atoms with Gasteiger partial charge in [0.1, 0.15) is 23.2 Å². The normalized spacial score (nSPS) is 11.6. The van der Waals surface area contributed by atoms with Crippen molar-refractivity contribution in [2.24, 2.45) is 5.41 Å². The Bertz CT molecular complexity index is 665. The Kier molecular flexibility index (Phi) is 6.60. The summed E-state index contributed by atoms with van der Waals surface area (Å²) < 4.78 is 0. The molecule has 0 amide bonds. The van der Waals surface area contributed by atoms with Crippen molar-refractivity contribution in [2.75, 3.05) is 6.16 Å². The Morgan fingerprint density at radius 1 is 0.560 bits per heavy atom. The van der Waals surface area contributed by atoms with Crippen LogP contribution in [0, 0.1) is 5.41 Å². The van der Waals surface area contributed by atoms with Crippen LogP contribution >= 0.6 is 7.26 Å². The van der Waals surface area contributed by atoms with E-state index in [1.807, 2.05) is 0 Å². The van der Waals surface area contributed by atoms with Crippen LogP contribution in [0.1, 0.15) is 20.8 Å². The fourth-order valence-electron chi connectivity index (χ4n) is 3.48. The van der Waals surface area contributed by atoms with Crippen molar-refractivity contribution in [3.05, 3.63) is 91.0 Å². The first-order chi connectivity index (χ1) is 11.5. The highest BCUT2D eigenvalue weighted by Gasteiger charge is 2.47. The zero-order chi connectivity index (χ0) is 17.0. The standard InChI is InChI=1S/C23H26P.BrH/c1-23(2,3)19-24(20-13-7-4-8-14-20,21-15-9-5-10-16-21)22-17-11-6-12-18-22;/h4-18H,19H2,1-3H3;1H/q+1;/p-1. The Labute approximate surface area is 163 Å². The van der Waals surface area contributed by atoms with E-state index in [0.29, 0.717) is 0 Å². The van der Waals surface area contributed by atoms with Crippen LogP contribution in [-0.2, 0) is 0 Å². The summed E-state index contributed by atoms with van der Waals surface area (Å²) in [5.74, 6) is 0. The molecule has 0 aromatic heterocycles. The predicted molar refractivity (Wildman–Crippen MR) is 109 cm³/mol. The van der Waals surface area contributed by atoms with Gasteiger partial charge < -0.3 is 17.0 Å². The third-order valence-electron chi connectivity index (χ3n) is 4.30. The predicted octanol–water partition coefficient (Wildman–Crippen LogP) is 2.03. The molecular weight excluding hydrogens is 387 g/mol. The molecule has 0 aliphatic carbocycles. The van der Waals surface area contributed by atoms with Crippen LogP contribution in [0.25, 0.3) is 0 Å². The van der Waals surface area contributed by atoms with Gasteiger partial charge in [0.25, 0.3) is 0 Å². The van der Waals surface area contributed by atoms with Crippen molar-refractivity contribution in [2.45, 2.75) is 20.8 Å². The lowest BCUT2D eigenvalue weighted by molar-refractivity contribution is -0.00000544. The average molecular weight is 413 g/mol. The second-order valence-corrected chi connectivity index (χ2v) is 11.0. The molecule has 0 aliphatic rings. The van der Waals surface area contributed by atoms with Crippen molar-refractivity contribution in [1.29, 1.82) is 0 Å². The fraction of sp³-hybridized carbons (Fsp3) is 0.217. The zero-order valence-electron chi connectivity index (χ0n) is 15.2. The van der Waals surface area contributed by atoms with Gasteiger partial charge in [-0.05, 0) is 41.8 Å². The highest BCUT2D eigenvalue weighted by atomic mass is 79.9. The van der Waals surface area contributed by atoms with E-state index in [-0.39, 0.29) is 22.4 Å². The first kappa shape index (κ1) is 19.9. The summed E-state index contributed by atoms with van der Waals surface area (Å²) in [7, 11) is -1.67. The van der Waals surface area contributed by atoms with Crippen molar-refractivity contribution in [1.82, 2.24) is 0 Å². The van der Waals surface area contributed by atoms with E-state index in [1.54, 1.807) is 0 Å². The second kappa shape index (κ2) is 8.30. The van der Waals surface area contributed by atoms with Gasteiger partial charge in [-0.2, -0.15) is 0 Å². The van der Waals surface area contributed by atoms with Crippen LogP contribution in [0.2, 0.25) is 0 Å². The van der Waals surface area contributed by atoms with Crippen LogP contribution < -0.4 is 32.9 Å². The van der Waals surface area contributed by atoms with Gasteiger partial charge in [0, 0.05) is 0 Å². The molecule has 3 rings (SSSR count). The maximum Gasteiger partial charge on any atom is 0.112 e. The Balaban J connectivity index is 0.00000225. The van der Waals surface area contributed by atoms with Crippen LogP contribution in [0.4, 0.5) is 0 Å². The molecule has 2 heteroatoms. The summed E-state index contributed by atoms with van der Waals surface area (Å²) in [5.41, 5.74) is 0.245. The molecule has 0 unspecified atom stereocenters. The maximum atomic E-state index is 2.36. The minimum Gasteiger partial charge on any atom is -1.00 e. The average Bonchev–Trinajstić information content (AvgIpc) is 2.61. The summed E-state index contributed by atoms with van der Waals surface area (Å²) in [5, 5.41) is 4.41. The number of benzene rings is 3. The van der Waals surface area contributed by atoms with Crippen LogP contribution in [-0.4, -0.2) is 6.16 Å². The molecule has 0 N–H and O–H groups in total. The minimum absolute atomic E-state index is 0. The van der Waals surface area contributed by atoms with Gasteiger partial charge in [-0.1, -0.05) is 75.4 Å². The fourth-order valence-corrected chi connectivity index (χ4v) is 8.39. The molecule has 3 aromatic rings. The largest absolute Gasteiger partial charge is 1.00 e. The highest BCUT2D eigenvalue weighted by Crippen LogP contribution is 2.58. The molecule has 0 atom stereocenters. The Hall–Kier alpha value is -1.43. The highest BCUT2D eigenvalue weighted by molar-refractivity contribution is 7.95. The molecule has 0 radical (unpaired) electrons. The van der Waals surface area contributed by atoms with E-state index in [2.05, 4.69) is 112 Å². The number of hydrogen-bond acceptors (Lipinski definition) is 0. The van der Waals surface area contributed by atoms with E-state index in [0.717, 1.165) is 6.16 Å². The van der Waals surface area contributed by atoms with Gasteiger partial charge in [0.15, 0.2) is 0 Å². The first-order valence-electron chi connectivity index (χ1n) is 8.57. The molecule has 0 spiro atoms. The van der Waals surface area contributed by atoms with Crippen molar-refractivity contribution >= 4 is 23.2 Å². The van der Waals surface area contributed by atoms with Gasteiger partial charge in [0.05, 0.1) is 6.16 Å².